The number of rotatable bonds is 3. The fourth-order valence-electron chi connectivity index (χ4n) is 1.73. The molecule has 1 aromatic carbocycles. The molecule has 1 unspecified atom stereocenters. The van der Waals surface area contributed by atoms with Crippen LogP contribution < -0.4 is 11.1 Å². The van der Waals surface area contributed by atoms with Crippen molar-refractivity contribution in [3.63, 3.8) is 0 Å². The standard InChI is InChI=1S/C12H15ClN2O/c1-8(14)11(16)15-12(6-7-12)9-2-4-10(13)5-3-9/h2-5,8H,6-7,14H2,1H3,(H,15,16). The highest BCUT2D eigenvalue weighted by atomic mass is 35.5. The lowest BCUT2D eigenvalue weighted by molar-refractivity contribution is -0.123. The molecule has 1 saturated carbocycles. The van der Waals surface area contributed by atoms with Crippen LogP contribution in [0.25, 0.3) is 0 Å². The summed E-state index contributed by atoms with van der Waals surface area (Å²) in [4.78, 5) is 11.6. The highest BCUT2D eigenvalue weighted by molar-refractivity contribution is 6.30. The Bertz CT molecular complexity index is 396. The van der Waals surface area contributed by atoms with Gasteiger partial charge in [0.15, 0.2) is 0 Å². The van der Waals surface area contributed by atoms with Crippen molar-refractivity contribution < 1.29 is 4.79 Å². The largest absolute Gasteiger partial charge is 0.345 e. The predicted octanol–water partition coefficient (Wildman–Crippen LogP) is 1.79. The normalized spacial score (nSPS) is 18.9. The van der Waals surface area contributed by atoms with Crippen molar-refractivity contribution >= 4 is 17.5 Å². The van der Waals surface area contributed by atoms with Gasteiger partial charge in [-0.05, 0) is 37.5 Å². The zero-order valence-electron chi connectivity index (χ0n) is 9.16. The molecule has 1 atom stereocenters. The van der Waals surface area contributed by atoms with Gasteiger partial charge in [0.1, 0.15) is 0 Å². The molecule has 0 spiro atoms. The second-order valence-electron chi connectivity index (χ2n) is 4.37. The van der Waals surface area contributed by atoms with E-state index >= 15 is 0 Å². The first-order valence-corrected chi connectivity index (χ1v) is 5.75. The summed E-state index contributed by atoms with van der Waals surface area (Å²) in [5.74, 6) is -0.104. The van der Waals surface area contributed by atoms with Gasteiger partial charge in [-0.1, -0.05) is 23.7 Å². The molecule has 2 rings (SSSR count). The zero-order chi connectivity index (χ0) is 11.8. The minimum Gasteiger partial charge on any atom is -0.345 e. The predicted molar refractivity (Wildman–Crippen MR) is 64.2 cm³/mol. The molecule has 0 radical (unpaired) electrons. The summed E-state index contributed by atoms with van der Waals surface area (Å²) in [6, 6.07) is 7.13. The lowest BCUT2D eigenvalue weighted by Crippen LogP contribution is -2.44. The molecule has 1 fully saturated rings. The van der Waals surface area contributed by atoms with E-state index in [4.69, 9.17) is 17.3 Å². The fraction of sp³-hybridized carbons (Fsp3) is 0.417. The molecule has 16 heavy (non-hydrogen) atoms. The summed E-state index contributed by atoms with van der Waals surface area (Å²) < 4.78 is 0. The van der Waals surface area contributed by atoms with Crippen LogP contribution in [0, 0.1) is 0 Å². The molecule has 0 bridgehead atoms. The van der Waals surface area contributed by atoms with Crippen LogP contribution in [0.4, 0.5) is 0 Å². The van der Waals surface area contributed by atoms with Crippen LogP contribution in [0.2, 0.25) is 5.02 Å². The van der Waals surface area contributed by atoms with Crippen molar-refractivity contribution in [3.05, 3.63) is 34.9 Å². The van der Waals surface area contributed by atoms with Crippen molar-refractivity contribution in [2.24, 2.45) is 5.73 Å². The Balaban J connectivity index is 2.14. The minimum atomic E-state index is -0.468. The second-order valence-corrected chi connectivity index (χ2v) is 4.80. The molecule has 0 aliphatic heterocycles. The van der Waals surface area contributed by atoms with Crippen molar-refractivity contribution in [2.45, 2.75) is 31.3 Å². The van der Waals surface area contributed by atoms with E-state index in [2.05, 4.69) is 5.32 Å². The van der Waals surface area contributed by atoms with Crippen molar-refractivity contribution in [3.8, 4) is 0 Å². The van der Waals surface area contributed by atoms with E-state index in [0.717, 1.165) is 18.4 Å². The van der Waals surface area contributed by atoms with Crippen LogP contribution in [0.5, 0.6) is 0 Å². The van der Waals surface area contributed by atoms with Crippen molar-refractivity contribution in [1.82, 2.24) is 5.32 Å². The van der Waals surface area contributed by atoms with E-state index in [1.807, 2.05) is 24.3 Å². The number of benzene rings is 1. The summed E-state index contributed by atoms with van der Waals surface area (Å²) in [7, 11) is 0. The number of hydrogen-bond acceptors (Lipinski definition) is 2. The maximum atomic E-state index is 11.6. The van der Waals surface area contributed by atoms with E-state index in [0.29, 0.717) is 5.02 Å². The molecule has 0 saturated heterocycles. The third-order valence-electron chi connectivity index (χ3n) is 2.92. The molecule has 0 aromatic heterocycles. The van der Waals surface area contributed by atoms with Crippen LogP contribution in [0.3, 0.4) is 0 Å². The summed E-state index contributed by atoms with van der Waals surface area (Å²) in [6.45, 7) is 1.69. The molecule has 1 aliphatic carbocycles. The van der Waals surface area contributed by atoms with Gasteiger partial charge < -0.3 is 11.1 Å². The quantitative estimate of drug-likeness (QED) is 0.844. The maximum absolute atomic E-state index is 11.6. The first-order chi connectivity index (χ1) is 7.53. The van der Waals surface area contributed by atoms with Gasteiger partial charge in [0.05, 0.1) is 11.6 Å². The highest BCUT2D eigenvalue weighted by Crippen LogP contribution is 2.45. The van der Waals surface area contributed by atoms with Crippen LogP contribution in [-0.4, -0.2) is 11.9 Å². The summed E-state index contributed by atoms with van der Waals surface area (Å²) in [6.07, 6.45) is 1.93. The van der Waals surface area contributed by atoms with Crippen LogP contribution in [0.1, 0.15) is 25.3 Å². The lowest BCUT2D eigenvalue weighted by atomic mass is 10.0. The van der Waals surface area contributed by atoms with E-state index in [1.165, 1.54) is 0 Å². The Kier molecular flexibility index (Phi) is 2.91. The smallest absolute Gasteiger partial charge is 0.237 e. The van der Waals surface area contributed by atoms with E-state index < -0.39 is 6.04 Å². The fourth-order valence-corrected chi connectivity index (χ4v) is 1.86. The number of halogens is 1. The molecular formula is C12H15ClN2O. The van der Waals surface area contributed by atoms with E-state index in [-0.39, 0.29) is 11.4 Å². The molecule has 4 heteroatoms. The molecule has 86 valence electrons. The van der Waals surface area contributed by atoms with Gasteiger partial charge >= 0.3 is 0 Å². The molecule has 3 nitrogen and oxygen atoms in total. The van der Waals surface area contributed by atoms with Crippen LogP contribution in [0.15, 0.2) is 24.3 Å². The van der Waals surface area contributed by atoms with Gasteiger partial charge in [-0.15, -0.1) is 0 Å². The summed E-state index contributed by atoms with van der Waals surface area (Å²) in [5, 5.41) is 3.70. The maximum Gasteiger partial charge on any atom is 0.237 e. The summed E-state index contributed by atoms with van der Waals surface area (Å²) in [5.41, 5.74) is 6.44. The monoisotopic (exact) mass is 238 g/mol. The second kappa shape index (κ2) is 4.07. The Labute approximate surface area is 100.0 Å². The number of carbonyl (C=O) groups is 1. The molecule has 1 aromatic rings. The Morgan fingerprint density at radius 2 is 2.00 bits per heavy atom. The molecule has 3 N–H and O–H groups in total. The summed E-state index contributed by atoms with van der Waals surface area (Å²) >= 11 is 5.83. The van der Waals surface area contributed by atoms with Crippen LogP contribution >= 0.6 is 11.6 Å². The topological polar surface area (TPSA) is 55.1 Å². The third kappa shape index (κ3) is 2.20. The molecule has 1 amide bonds. The van der Waals surface area contributed by atoms with Gasteiger partial charge in [-0.2, -0.15) is 0 Å². The van der Waals surface area contributed by atoms with Crippen molar-refractivity contribution in [2.75, 3.05) is 0 Å². The Morgan fingerprint density at radius 3 is 2.44 bits per heavy atom. The first-order valence-electron chi connectivity index (χ1n) is 5.37. The van der Waals surface area contributed by atoms with Gasteiger partial charge in [0.25, 0.3) is 0 Å². The average Bonchev–Trinajstić information content (AvgIpc) is 2.99. The van der Waals surface area contributed by atoms with Gasteiger partial charge in [0.2, 0.25) is 5.91 Å². The molecule has 1 aliphatic rings. The lowest BCUT2D eigenvalue weighted by Gasteiger charge is -2.19. The first kappa shape index (κ1) is 11.4. The Hall–Kier alpha value is -1.06. The van der Waals surface area contributed by atoms with Gasteiger partial charge in [0, 0.05) is 5.02 Å². The number of hydrogen-bond donors (Lipinski definition) is 2. The van der Waals surface area contributed by atoms with Crippen molar-refractivity contribution in [1.29, 1.82) is 0 Å². The number of amides is 1. The minimum absolute atomic E-state index is 0.104. The SMILES string of the molecule is CC(N)C(=O)NC1(c2ccc(Cl)cc2)CC1. The molecular weight excluding hydrogens is 224 g/mol. The number of nitrogens with two attached hydrogens (primary N) is 1. The molecule has 0 heterocycles. The van der Waals surface area contributed by atoms with Gasteiger partial charge in [-0.25, -0.2) is 0 Å². The zero-order valence-corrected chi connectivity index (χ0v) is 9.92. The highest BCUT2D eigenvalue weighted by Gasteiger charge is 2.45. The van der Waals surface area contributed by atoms with E-state index in [1.54, 1.807) is 6.92 Å². The number of carbonyl (C=O) groups excluding carboxylic acids is 1. The van der Waals surface area contributed by atoms with Crippen LogP contribution in [-0.2, 0) is 10.3 Å². The third-order valence-corrected chi connectivity index (χ3v) is 3.17. The average molecular weight is 239 g/mol. The van der Waals surface area contributed by atoms with Gasteiger partial charge in [-0.3, -0.25) is 4.79 Å². The van der Waals surface area contributed by atoms with E-state index in [9.17, 15) is 4.79 Å². The Morgan fingerprint density at radius 1 is 1.44 bits per heavy atom. The number of nitrogens with one attached hydrogen (secondary N) is 1.